The summed E-state index contributed by atoms with van der Waals surface area (Å²) in [6.45, 7) is 12.4. The highest BCUT2D eigenvalue weighted by Gasteiger charge is 2.27. The van der Waals surface area contributed by atoms with Gasteiger partial charge in [-0.1, -0.05) is 45.4 Å². The Kier molecular flexibility index (Phi) is 12.8. The number of phenols is 1. The second kappa shape index (κ2) is 14.4. The number of piperazine rings is 1. The molecule has 0 spiro atoms. The summed E-state index contributed by atoms with van der Waals surface area (Å²) in [5.41, 5.74) is 3.09. The standard InChI is InChI=1S/C27H39N3O2.2ClH/c1-5-6-8-22-11-13-23(14-12-22)27(32)28-26(20(2)3)19-29-15-16-30(21(4)18-29)24-9-7-10-25(31)17-24;;/h7,9-14,17,20-21,26,31H,5-6,8,15-16,18-19H2,1-4H3,(H,28,32);2*1H/t21-,26+;;/m0../s1. The topological polar surface area (TPSA) is 55.8 Å². The Morgan fingerprint density at radius 3 is 2.41 bits per heavy atom. The molecule has 0 unspecified atom stereocenters. The van der Waals surface area contributed by atoms with Crippen molar-refractivity contribution in [1.82, 2.24) is 10.2 Å². The molecule has 190 valence electrons. The molecule has 2 atom stereocenters. The molecule has 34 heavy (non-hydrogen) atoms. The minimum Gasteiger partial charge on any atom is -0.508 e. The molecule has 7 heteroatoms. The average Bonchev–Trinajstić information content (AvgIpc) is 2.77. The number of nitrogens with one attached hydrogen (secondary N) is 1. The van der Waals surface area contributed by atoms with Gasteiger partial charge in [-0.05, 0) is 55.5 Å². The van der Waals surface area contributed by atoms with Gasteiger partial charge in [-0.25, -0.2) is 0 Å². The molecule has 5 nitrogen and oxygen atoms in total. The number of anilines is 1. The minimum absolute atomic E-state index is 0. The first-order chi connectivity index (χ1) is 15.4. The molecule has 1 amide bonds. The van der Waals surface area contributed by atoms with Crippen LogP contribution in [-0.4, -0.2) is 54.2 Å². The van der Waals surface area contributed by atoms with E-state index in [0.717, 1.165) is 43.9 Å². The van der Waals surface area contributed by atoms with Crippen LogP contribution in [0.5, 0.6) is 5.75 Å². The largest absolute Gasteiger partial charge is 0.508 e. The monoisotopic (exact) mass is 509 g/mol. The number of hydrogen-bond acceptors (Lipinski definition) is 4. The van der Waals surface area contributed by atoms with Gasteiger partial charge in [0, 0.05) is 55.6 Å². The van der Waals surface area contributed by atoms with E-state index in [-0.39, 0.29) is 36.8 Å². The van der Waals surface area contributed by atoms with Gasteiger partial charge in [-0.15, -0.1) is 24.8 Å². The zero-order valence-corrected chi connectivity index (χ0v) is 22.5. The lowest BCUT2D eigenvalue weighted by atomic mass is 10.0. The van der Waals surface area contributed by atoms with Crippen LogP contribution in [0.1, 0.15) is 56.5 Å². The lowest BCUT2D eigenvalue weighted by molar-refractivity contribution is 0.0903. The first-order valence-corrected chi connectivity index (χ1v) is 12.0. The maximum absolute atomic E-state index is 12.9. The Bertz CT molecular complexity index is 876. The van der Waals surface area contributed by atoms with Gasteiger partial charge in [-0.3, -0.25) is 9.69 Å². The van der Waals surface area contributed by atoms with Crippen molar-refractivity contribution < 1.29 is 9.90 Å². The van der Waals surface area contributed by atoms with Gasteiger partial charge in [0.25, 0.3) is 5.91 Å². The number of unbranched alkanes of at least 4 members (excludes halogenated alkanes) is 1. The van der Waals surface area contributed by atoms with Crippen molar-refractivity contribution in [2.24, 2.45) is 5.92 Å². The molecule has 1 saturated heterocycles. The highest BCUT2D eigenvalue weighted by molar-refractivity contribution is 5.94. The highest BCUT2D eigenvalue weighted by Crippen LogP contribution is 2.24. The number of aryl methyl sites for hydroxylation is 1. The summed E-state index contributed by atoms with van der Waals surface area (Å²) in [6, 6.07) is 16.0. The van der Waals surface area contributed by atoms with Crippen molar-refractivity contribution >= 4 is 36.4 Å². The van der Waals surface area contributed by atoms with E-state index in [4.69, 9.17) is 0 Å². The molecule has 1 aliphatic heterocycles. The van der Waals surface area contributed by atoms with Gasteiger partial charge < -0.3 is 15.3 Å². The van der Waals surface area contributed by atoms with Crippen LogP contribution in [0.3, 0.4) is 0 Å². The predicted molar refractivity (Wildman–Crippen MR) is 147 cm³/mol. The van der Waals surface area contributed by atoms with Crippen LogP contribution in [0.25, 0.3) is 0 Å². The van der Waals surface area contributed by atoms with Gasteiger partial charge in [0.1, 0.15) is 5.75 Å². The van der Waals surface area contributed by atoms with Crippen molar-refractivity contribution in [3.8, 4) is 5.75 Å². The van der Waals surface area contributed by atoms with E-state index in [2.05, 4.69) is 61.0 Å². The first-order valence-electron chi connectivity index (χ1n) is 12.0. The molecule has 2 N–H and O–H groups in total. The number of aromatic hydroxyl groups is 1. The van der Waals surface area contributed by atoms with Crippen molar-refractivity contribution in [3.63, 3.8) is 0 Å². The van der Waals surface area contributed by atoms with Crippen LogP contribution < -0.4 is 10.2 Å². The van der Waals surface area contributed by atoms with Gasteiger partial charge in [0.2, 0.25) is 0 Å². The average molecular weight is 511 g/mol. The van der Waals surface area contributed by atoms with Crippen LogP contribution in [-0.2, 0) is 6.42 Å². The number of nitrogens with zero attached hydrogens (tertiary/aromatic N) is 2. The molecular weight excluding hydrogens is 469 g/mol. The lowest BCUT2D eigenvalue weighted by Gasteiger charge is -2.42. The number of hydrogen-bond donors (Lipinski definition) is 2. The third kappa shape index (κ3) is 8.37. The molecule has 3 rings (SSSR count). The van der Waals surface area contributed by atoms with E-state index in [0.29, 0.717) is 17.7 Å². The molecule has 0 aliphatic carbocycles. The number of amides is 1. The first kappa shape index (κ1) is 30.1. The summed E-state index contributed by atoms with van der Waals surface area (Å²) in [4.78, 5) is 17.7. The molecule has 0 radical (unpaired) electrons. The van der Waals surface area contributed by atoms with Crippen molar-refractivity contribution in [2.75, 3.05) is 31.1 Å². The molecule has 1 heterocycles. The van der Waals surface area contributed by atoms with Crippen molar-refractivity contribution in [3.05, 3.63) is 59.7 Å². The van der Waals surface area contributed by atoms with Crippen LogP contribution in [0.15, 0.2) is 48.5 Å². The molecular formula is C27H41Cl2N3O2. The fourth-order valence-corrected chi connectivity index (χ4v) is 4.41. The molecule has 2 aromatic rings. The van der Waals surface area contributed by atoms with Crippen LogP contribution in [0.4, 0.5) is 5.69 Å². The normalized spacial score (nSPS) is 17.0. The lowest BCUT2D eigenvalue weighted by Crippen LogP contribution is -2.56. The Balaban J connectivity index is 0.00000289. The Morgan fingerprint density at radius 1 is 1.12 bits per heavy atom. The number of benzene rings is 2. The third-order valence-electron chi connectivity index (χ3n) is 6.48. The van der Waals surface area contributed by atoms with Crippen molar-refractivity contribution in [2.45, 2.75) is 59.0 Å². The second-order valence-electron chi connectivity index (χ2n) is 9.45. The van der Waals surface area contributed by atoms with E-state index >= 15 is 0 Å². The van der Waals surface area contributed by atoms with Crippen molar-refractivity contribution in [1.29, 1.82) is 0 Å². The SMILES string of the molecule is CCCCc1ccc(C(=O)N[C@H](CN2CCN(c3cccc(O)c3)[C@@H](C)C2)C(C)C)cc1.Cl.Cl. The van der Waals surface area contributed by atoms with Gasteiger partial charge >= 0.3 is 0 Å². The Hall–Kier alpha value is -1.95. The summed E-state index contributed by atoms with van der Waals surface area (Å²) >= 11 is 0. The fraction of sp³-hybridized carbons (Fsp3) is 0.519. The summed E-state index contributed by atoms with van der Waals surface area (Å²) in [5.74, 6) is 0.664. The number of halogens is 2. The van der Waals surface area contributed by atoms with Crippen LogP contribution >= 0.6 is 24.8 Å². The molecule has 1 fully saturated rings. The smallest absolute Gasteiger partial charge is 0.251 e. The van der Waals surface area contributed by atoms with Gasteiger partial charge in [0.15, 0.2) is 0 Å². The maximum atomic E-state index is 12.9. The zero-order valence-electron chi connectivity index (χ0n) is 20.9. The zero-order chi connectivity index (χ0) is 23.1. The molecule has 0 saturated carbocycles. The summed E-state index contributed by atoms with van der Waals surface area (Å²) in [6.07, 6.45) is 3.43. The van der Waals surface area contributed by atoms with E-state index < -0.39 is 0 Å². The summed E-state index contributed by atoms with van der Waals surface area (Å²) in [7, 11) is 0. The maximum Gasteiger partial charge on any atom is 0.251 e. The third-order valence-corrected chi connectivity index (χ3v) is 6.48. The quantitative estimate of drug-likeness (QED) is 0.465. The number of phenolic OH excluding ortho intramolecular Hbond substituents is 1. The van der Waals surface area contributed by atoms with E-state index in [1.165, 1.54) is 18.4 Å². The van der Waals surface area contributed by atoms with E-state index in [9.17, 15) is 9.90 Å². The van der Waals surface area contributed by atoms with E-state index in [1.54, 1.807) is 6.07 Å². The second-order valence-corrected chi connectivity index (χ2v) is 9.45. The molecule has 0 aromatic heterocycles. The van der Waals surface area contributed by atoms with Crippen LogP contribution in [0.2, 0.25) is 0 Å². The Labute approximate surface area is 217 Å². The van der Waals surface area contributed by atoms with Gasteiger partial charge in [-0.2, -0.15) is 0 Å². The predicted octanol–water partition coefficient (Wildman–Crippen LogP) is 5.54. The molecule has 1 aliphatic rings. The number of carbonyl (C=O) groups excluding carboxylic acids is 1. The summed E-state index contributed by atoms with van der Waals surface area (Å²) < 4.78 is 0. The van der Waals surface area contributed by atoms with Gasteiger partial charge in [0.05, 0.1) is 0 Å². The van der Waals surface area contributed by atoms with E-state index in [1.807, 2.05) is 24.3 Å². The fourth-order valence-electron chi connectivity index (χ4n) is 4.41. The molecule has 0 bridgehead atoms. The molecule has 2 aromatic carbocycles. The number of rotatable bonds is 9. The van der Waals surface area contributed by atoms with Crippen LogP contribution in [0, 0.1) is 5.92 Å². The minimum atomic E-state index is 0. The highest BCUT2D eigenvalue weighted by atomic mass is 35.5. The Morgan fingerprint density at radius 2 is 1.82 bits per heavy atom. The summed E-state index contributed by atoms with van der Waals surface area (Å²) in [5, 5.41) is 13.1. The number of carbonyl (C=O) groups is 1.